The number of hydrogen-bond donors (Lipinski definition) is 0. The molecule has 0 N–H and O–H groups in total. The van der Waals surface area contributed by atoms with Crippen LogP contribution in [0.15, 0.2) is 22.7 Å². The van der Waals surface area contributed by atoms with Crippen LogP contribution in [0.4, 0.5) is 4.39 Å². The van der Waals surface area contributed by atoms with Crippen LogP contribution in [-0.4, -0.2) is 5.78 Å². The molecule has 1 aromatic carbocycles. The molecule has 1 fully saturated rings. The maximum atomic E-state index is 13.3. The third-order valence-corrected chi connectivity index (χ3v) is 4.77. The van der Waals surface area contributed by atoms with Gasteiger partial charge < -0.3 is 0 Å². The number of rotatable bonds is 2. The number of hydrogen-bond acceptors (Lipinski definition) is 2. The molecule has 0 spiro atoms. The summed E-state index contributed by atoms with van der Waals surface area (Å²) in [5.41, 5.74) is -0.615. The topological polar surface area (TPSA) is 40.9 Å². The first kappa shape index (κ1) is 15.2. The van der Waals surface area contributed by atoms with Gasteiger partial charge in [-0.3, -0.25) is 4.79 Å². The van der Waals surface area contributed by atoms with Crippen molar-refractivity contribution in [3.63, 3.8) is 0 Å². The van der Waals surface area contributed by atoms with Crippen LogP contribution in [-0.2, 0) is 11.2 Å². The normalized spacial score (nSPS) is 25.2. The zero-order chi connectivity index (χ0) is 15.0. The van der Waals surface area contributed by atoms with Crippen LogP contribution < -0.4 is 0 Å². The monoisotopic (exact) mass is 337 g/mol. The summed E-state index contributed by atoms with van der Waals surface area (Å²) in [5.74, 6) is -0.325. The summed E-state index contributed by atoms with van der Waals surface area (Å²) in [4.78, 5) is 12.6. The van der Waals surface area contributed by atoms with E-state index in [1.54, 1.807) is 12.1 Å². The Morgan fingerprint density at radius 2 is 2.10 bits per heavy atom. The number of Topliss-reactive ketones (excluding diaryl/α,β-unsaturated/α-hetero) is 1. The quantitative estimate of drug-likeness (QED) is 0.801. The van der Waals surface area contributed by atoms with E-state index in [9.17, 15) is 14.4 Å². The van der Waals surface area contributed by atoms with E-state index < -0.39 is 10.8 Å². The third-order valence-electron chi connectivity index (χ3n) is 4.16. The van der Waals surface area contributed by atoms with Crippen LogP contribution in [0.2, 0.25) is 0 Å². The fourth-order valence-corrected chi connectivity index (χ4v) is 3.45. The lowest BCUT2D eigenvalue weighted by Crippen LogP contribution is -2.45. The maximum absolute atomic E-state index is 13.3. The number of nitriles is 1. The van der Waals surface area contributed by atoms with Gasteiger partial charge in [0.1, 0.15) is 11.2 Å². The van der Waals surface area contributed by atoms with E-state index in [4.69, 9.17) is 0 Å². The zero-order valence-electron chi connectivity index (χ0n) is 11.7. The lowest BCUT2D eigenvalue weighted by atomic mass is 9.61. The molecule has 0 amide bonds. The first-order chi connectivity index (χ1) is 9.31. The highest BCUT2D eigenvalue weighted by Gasteiger charge is 2.48. The molecule has 1 aliphatic carbocycles. The number of carbonyl (C=O) groups excluding carboxylic acids is 1. The lowest BCUT2D eigenvalue weighted by Gasteiger charge is -2.39. The standard InChI is InChI=1S/C16H17BrFNO/c1-15(2)6-3-7-16(10-19,14(15)20)9-11-4-5-13(18)12(17)8-11/h4-5,8H,3,6-7,9H2,1-2H3. The van der Waals surface area contributed by atoms with Gasteiger partial charge in [-0.25, -0.2) is 4.39 Å². The van der Waals surface area contributed by atoms with Crippen LogP contribution in [0.1, 0.15) is 38.7 Å². The van der Waals surface area contributed by atoms with Crippen molar-refractivity contribution >= 4 is 21.7 Å². The summed E-state index contributed by atoms with van der Waals surface area (Å²) in [7, 11) is 0. The van der Waals surface area contributed by atoms with Gasteiger partial charge in [0.2, 0.25) is 0 Å². The van der Waals surface area contributed by atoms with Crippen molar-refractivity contribution in [1.82, 2.24) is 0 Å². The lowest BCUT2D eigenvalue weighted by molar-refractivity contribution is -0.138. The molecule has 20 heavy (non-hydrogen) atoms. The maximum Gasteiger partial charge on any atom is 0.158 e. The Bertz CT molecular complexity index is 591. The second-order valence-corrected chi connectivity index (χ2v) is 7.04. The average Bonchev–Trinajstić information content (AvgIpc) is 2.39. The highest BCUT2D eigenvalue weighted by atomic mass is 79.9. The minimum atomic E-state index is -0.973. The molecule has 0 heterocycles. The average molecular weight is 338 g/mol. The molecule has 0 aliphatic heterocycles. The molecule has 1 saturated carbocycles. The second kappa shape index (κ2) is 5.29. The molecule has 1 unspecified atom stereocenters. The molecular formula is C16H17BrFNO. The minimum absolute atomic E-state index is 0.0131. The van der Waals surface area contributed by atoms with Crippen molar-refractivity contribution < 1.29 is 9.18 Å². The molecule has 0 saturated heterocycles. The van der Waals surface area contributed by atoms with Crippen molar-refractivity contribution in [2.24, 2.45) is 10.8 Å². The van der Waals surface area contributed by atoms with Crippen LogP contribution in [0.25, 0.3) is 0 Å². The van der Waals surface area contributed by atoms with Crippen molar-refractivity contribution in [2.45, 2.75) is 39.5 Å². The molecule has 106 valence electrons. The molecule has 2 rings (SSSR count). The summed E-state index contributed by atoms with van der Waals surface area (Å²) in [5, 5.41) is 9.57. The summed E-state index contributed by atoms with van der Waals surface area (Å²) in [6.45, 7) is 3.81. The SMILES string of the molecule is CC1(C)CCCC(C#N)(Cc2ccc(F)c(Br)c2)C1=O. The van der Waals surface area contributed by atoms with Gasteiger partial charge >= 0.3 is 0 Å². The highest BCUT2D eigenvalue weighted by molar-refractivity contribution is 9.10. The Morgan fingerprint density at radius 1 is 1.40 bits per heavy atom. The molecule has 4 heteroatoms. The van der Waals surface area contributed by atoms with Gasteiger partial charge in [0, 0.05) is 5.41 Å². The Morgan fingerprint density at radius 3 is 2.70 bits per heavy atom. The van der Waals surface area contributed by atoms with Gasteiger partial charge in [0.25, 0.3) is 0 Å². The van der Waals surface area contributed by atoms with Crippen molar-refractivity contribution in [1.29, 1.82) is 5.26 Å². The number of carbonyl (C=O) groups is 1. The van der Waals surface area contributed by atoms with Crippen LogP contribution in [0.3, 0.4) is 0 Å². The van der Waals surface area contributed by atoms with E-state index in [-0.39, 0.29) is 11.6 Å². The smallest absolute Gasteiger partial charge is 0.158 e. The Labute approximate surface area is 127 Å². The Balaban J connectivity index is 2.35. The Kier molecular flexibility index (Phi) is 4.02. The molecule has 0 radical (unpaired) electrons. The van der Waals surface area contributed by atoms with Gasteiger partial charge in [-0.15, -0.1) is 0 Å². The molecular weight excluding hydrogens is 321 g/mol. The first-order valence-electron chi connectivity index (χ1n) is 6.71. The highest BCUT2D eigenvalue weighted by Crippen LogP contribution is 2.44. The molecule has 1 aromatic rings. The molecule has 2 nitrogen and oxygen atoms in total. The number of nitrogens with zero attached hydrogens (tertiary/aromatic N) is 1. The van der Waals surface area contributed by atoms with Crippen LogP contribution in [0.5, 0.6) is 0 Å². The summed E-state index contributed by atoms with van der Waals surface area (Å²) < 4.78 is 13.6. The van der Waals surface area contributed by atoms with Gasteiger partial charge in [0.15, 0.2) is 5.78 Å². The van der Waals surface area contributed by atoms with E-state index in [0.29, 0.717) is 17.3 Å². The summed E-state index contributed by atoms with van der Waals surface area (Å²) >= 11 is 3.15. The molecule has 1 aliphatic rings. The zero-order valence-corrected chi connectivity index (χ0v) is 13.3. The largest absolute Gasteiger partial charge is 0.297 e. The van der Waals surface area contributed by atoms with E-state index >= 15 is 0 Å². The van der Waals surface area contributed by atoms with Crippen molar-refractivity contribution in [2.75, 3.05) is 0 Å². The van der Waals surface area contributed by atoms with Crippen LogP contribution in [0, 0.1) is 28.0 Å². The Hall–Kier alpha value is -1.21. The number of benzene rings is 1. The van der Waals surface area contributed by atoms with E-state index in [0.717, 1.165) is 18.4 Å². The summed E-state index contributed by atoms with van der Waals surface area (Å²) in [6, 6.07) is 6.91. The summed E-state index contributed by atoms with van der Waals surface area (Å²) in [6.07, 6.45) is 2.63. The number of halogens is 2. The molecule has 0 aromatic heterocycles. The van der Waals surface area contributed by atoms with E-state index in [1.165, 1.54) is 6.07 Å². The first-order valence-corrected chi connectivity index (χ1v) is 7.50. The predicted octanol–water partition coefficient (Wildman–Crippen LogP) is 4.42. The van der Waals surface area contributed by atoms with Crippen LogP contribution >= 0.6 is 15.9 Å². The third kappa shape index (κ3) is 2.64. The van der Waals surface area contributed by atoms with Crippen molar-refractivity contribution in [3.8, 4) is 6.07 Å². The van der Waals surface area contributed by atoms with Gasteiger partial charge in [-0.2, -0.15) is 5.26 Å². The van der Waals surface area contributed by atoms with E-state index in [2.05, 4.69) is 22.0 Å². The number of ketones is 1. The second-order valence-electron chi connectivity index (χ2n) is 6.19. The van der Waals surface area contributed by atoms with E-state index in [1.807, 2.05) is 13.8 Å². The predicted molar refractivity (Wildman–Crippen MR) is 78.5 cm³/mol. The fourth-order valence-electron chi connectivity index (χ4n) is 3.02. The van der Waals surface area contributed by atoms with Crippen molar-refractivity contribution in [3.05, 3.63) is 34.1 Å². The van der Waals surface area contributed by atoms with Gasteiger partial charge in [-0.1, -0.05) is 26.3 Å². The fraction of sp³-hybridized carbons (Fsp3) is 0.500. The van der Waals surface area contributed by atoms with Gasteiger partial charge in [-0.05, 0) is 52.9 Å². The van der Waals surface area contributed by atoms with Gasteiger partial charge in [0.05, 0.1) is 10.5 Å². The molecule has 1 atom stereocenters. The minimum Gasteiger partial charge on any atom is -0.297 e. The molecule has 0 bridgehead atoms.